The number of carboxylic acids is 2. The molecule has 16 nitrogen and oxygen atoms in total. The smallest absolute Gasteiger partial charge is 0.345 e. The minimum Gasteiger partial charge on any atom is -0.504 e. The van der Waals surface area contributed by atoms with Crippen LogP contribution in [-0.4, -0.2) is 82.0 Å². The number of phenols is 7. The largest absolute Gasteiger partial charge is 0.504 e. The van der Waals surface area contributed by atoms with Crippen molar-refractivity contribution in [3.63, 3.8) is 0 Å². The fourth-order valence-corrected chi connectivity index (χ4v) is 5.49. The van der Waals surface area contributed by atoms with Crippen LogP contribution in [0.4, 0.5) is 0 Å². The molecule has 0 saturated carbocycles. The van der Waals surface area contributed by atoms with E-state index in [2.05, 4.69) is 0 Å². The molecule has 5 rings (SSSR count). The highest BCUT2D eigenvalue weighted by atomic mass is 16.6. The van der Waals surface area contributed by atoms with E-state index in [1.807, 2.05) is 0 Å². The lowest BCUT2D eigenvalue weighted by atomic mass is 9.87. The van der Waals surface area contributed by atoms with Crippen molar-refractivity contribution in [3.8, 4) is 46.0 Å². The van der Waals surface area contributed by atoms with Crippen molar-refractivity contribution in [2.75, 3.05) is 0 Å². The van der Waals surface area contributed by atoms with Crippen molar-refractivity contribution >= 4 is 30.0 Å². The molecule has 0 saturated heterocycles. The molecule has 52 heavy (non-hydrogen) atoms. The molecule has 4 aromatic rings. The fourth-order valence-electron chi connectivity index (χ4n) is 5.49. The Morgan fingerprint density at radius 2 is 1.13 bits per heavy atom. The number of phenolic OH excluding ortho intramolecular Hbond substituents is 7. The molecular formula is C36H30O16. The van der Waals surface area contributed by atoms with Gasteiger partial charge in [-0.15, -0.1) is 0 Å². The maximum atomic E-state index is 13.9. The average molecular weight is 719 g/mol. The molecule has 0 spiro atoms. The average Bonchev–Trinajstić information content (AvgIpc) is 3.50. The number of esters is 2. The van der Waals surface area contributed by atoms with E-state index in [0.29, 0.717) is 0 Å². The monoisotopic (exact) mass is 718 g/mol. The van der Waals surface area contributed by atoms with Gasteiger partial charge in [0, 0.05) is 24.5 Å². The van der Waals surface area contributed by atoms with Gasteiger partial charge in [0.1, 0.15) is 12.0 Å². The first-order valence-corrected chi connectivity index (χ1v) is 15.2. The van der Waals surface area contributed by atoms with E-state index in [1.165, 1.54) is 24.3 Å². The van der Waals surface area contributed by atoms with Crippen molar-refractivity contribution in [1.82, 2.24) is 0 Å². The summed E-state index contributed by atoms with van der Waals surface area (Å²) in [6.07, 6.45) is -3.85. The topological polar surface area (TPSA) is 278 Å². The normalized spacial score (nSPS) is 16.0. The maximum Gasteiger partial charge on any atom is 0.345 e. The fraction of sp³-hybridized carbons (Fsp3) is 0.167. The van der Waals surface area contributed by atoms with Crippen LogP contribution in [0.2, 0.25) is 0 Å². The van der Waals surface area contributed by atoms with Crippen LogP contribution < -0.4 is 4.74 Å². The first-order valence-electron chi connectivity index (χ1n) is 15.2. The minimum atomic E-state index is -1.84. The van der Waals surface area contributed by atoms with Gasteiger partial charge < -0.3 is 60.2 Å². The molecular weight excluding hydrogens is 688 g/mol. The van der Waals surface area contributed by atoms with Gasteiger partial charge in [-0.3, -0.25) is 4.79 Å². The molecule has 0 amide bonds. The number of benzene rings is 4. The van der Waals surface area contributed by atoms with E-state index >= 15 is 0 Å². The molecule has 16 heteroatoms. The van der Waals surface area contributed by atoms with E-state index in [9.17, 15) is 65.1 Å². The predicted molar refractivity (Wildman–Crippen MR) is 175 cm³/mol. The van der Waals surface area contributed by atoms with Crippen LogP contribution in [0, 0.1) is 0 Å². The van der Waals surface area contributed by atoms with Crippen molar-refractivity contribution in [2.24, 2.45) is 0 Å². The van der Waals surface area contributed by atoms with E-state index in [0.717, 1.165) is 54.6 Å². The van der Waals surface area contributed by atoms with Gasteiger partial charge in [0.2, 0.25) is 12.2 Å². The summed E-state index contributed by atoms with van der Waals surface area (Å²) >= 11 is 0. The molecule has 0 aliphatic carbocycles. The highest BCUT2D eigenvalue weighted by Crippen LogP contribution is 2.53. The van der Waals surface area contributed by atoms with Gasteiger partial charge in [0.25, 0.3) is 0 Å². The highest BCUT2D eigenvalue weighted by molar-refractivity contribution is 5.92. The third kappa shape index (κ3) is 7.86. The molecule has 0 radical (unpaired) electrons. The highest BCUT2D eigenvalue weighted by Gasteiger charge is 2.46. The zero-order valence-corrected chi connectivity index (χ0v) is 26.6. The standard InChI is InChI=1S/C36H30O16/c37-20-6-1-16(11-24(20)41)13-27(34(45)46)50-29(44)10-5-18-3-9-23(40)33-30(18)31(32(52-33)19-4-8-22(39)26(43)15-19)36(49)51-28(35(47)48)14-17-2-7-21(38)25(42)12-17/h1-12,15,27-28,31-32,37-43H,13-14H2,(H,45,46)(H,47,48)/b10-5+/t27-,28-,31+,32-/m1/s1. The molecule has 0 aromatic heterocycles. The number of carbonyl (C=O) groups is 4. The Bertz CT molecular complexity index is 2090. The first-order chi connectivity index (χ1) is 24.6. The summed E-state index contributed by atoms with van der Waals surface area (Å²) in [4.78, 5) is 50.9. The van der Waals surface area contributed by atoms with Crippen molar-refractivity contribution in [2.45, 2.75) is 37.1 Å². The maximum absolute atomic E-state index is 13.9. The van der Waals surface area contributed by atoms with Crippen LogP contribution in [0.5, 0.6) is 46.0 Å². The number of ether oxygens (including phenoxy) is 3. The SMILES string of the molecule is O=C(/C=C/c1ccc(O)c2c1[C@H](C(=O)O[C@H](Cc1ccc(O)c(O)c1)C(=O)O)[C@@H](c1ccc(O)c(O)c1)O2)O[C@H](Cc1ccc(O)c(O)c1)C(=O)O. The van der Waals surface area contributed by atoms with Crippen LogP contribution in [0.3, 0.4) is 0 Å². The Morgan fingerprint density at radius 3 is 1.65 bits per heavy atom. The van der Waals surface area contributed by atoms with Crippen LogP contribution in [0.15, 0.2) is 72.8 Å². The summed E-state index contributed by atoms with van der Waals surface area (Å²) in [6, 6.07) is 13.0. The molecule has 1 aliphatic rings. The summed E-state index contributed by atoms with van der Waals surface area (Å²) < 4.78 is 16.5. The first kappa shape index (κ1) is 36.2. The molecule has 4 aromatic carbocycles. The number of aromatic hydroxyl groups is 7. The third-order valence-corrected chi connectivity index (χ3v) is 8.04. The van der Waals surface area contributed by atoms with Gasteiger partial charge in [-0.1, -0.05) is 24.3 Å². The van der Waals surface area contributed by atoms with Gasteiger partial charge in [-0.05, 0) is 70.8 Å². The van der Waals surface area contributed by atoms with Crippen LogP contribution >= 0.6 is 0 Å². The molecule has 270 valence electrons. The molecule has 0 unspecified atom stereocenters. The number of rotatable bonds is 12. The number of carboxylic acid groups (broad SMARTS) is 2. The summed E-state index contributed by atoms with van der Waals surface area (Å²) in [6.45, 7) is 0. The minimum absolute atomic E-state index is 0.0443. The number of hydrogen-bond donors (Lipinski definition) is 9. The Hall–Kier alpha value is -7.10. The van der Waals surface area contributed by atoms with Crippen LogP contribution in [0.25, 0.3) is 6.08 Å². The molecule has 0 bridgehead atoms. The van der Waals surface area contributed by atoms with E-state index < -0.39 is 94.8 Å². The summed E-state index contributed by atoms with van der Waals surface area (Å²) in [5.41, 5.74) is 0.445. The second-order valence-corrected chi connectivity index (χ2v) is 11.6. The van der Waals surface area contributed by atoms with Crippen LogP contribution in [0.1, 0.15) is 39.8 Å². The lowest BCUT2D eigenvalue weighted by Gasteiger charge is -2.22. The van der Waals surface area contributed by atoms with Gasteiger partial charge in [-0.2, -0.15) is 0 Å². The van der Waals surface area contributed by atoms with E-state index in [1.54, 1.807) is 0 Å². The molecule has 4 atom stereocenters. The number of aliphatic carboxylic acids is 2. The van der Waals surface area contributed by atoms with Gasteiger partial charge in [0.05, 0.1) is 0 Å². The lowest BCUT2D eigenvalue weighted by molar-refractivity contribution is -0.166. The predicted octanol–water partition coefficient (Wildman–Crippen LogP) is 3.33. The Balaban J connectivity index is 1.47. The number of carbonyl (C=O) groups excluding carboxylic acids is 2. The van der Waals surface area contributed by atoms with Crippen molar-refractivity contribution < 1.29 is 79.3 Å². The summed E-state index contributed by atoms with van der Waals surface area (Å²) in [5.74, 6) is -10.8. The lowest BCUT2D eigenvalue weighted by Crippen LogP contribution is -2.33. The Kier molecular flexibility index (Phi) is 10.3. The van der Waals surface area contributed by atoms with Crippen molar-refractivity contribution in [1.29, 1.82) is 0 Å². The third-order valence-electron chi connectivity index (χ3n) is 8.04. The zero-order valence-electron chi connectivity index (χ0n) is 26.6. The van der Waals surface area contributed by atoms with Gasteiger partial charge in [0.15, 0.2) is 46.0 Å². The molecule has 0 fully saturated rings. The quantitative estimate of drug-likeness (QED) is 0.0577. The Morgan fingerprint density at radius 1 is 0.635 bits per heavy atom. The van der Waals surface area contributed by atoms with Crippen molar-refractivity contribution in [3.05, 3.63) is 101 Å². The van der Waals surface area contributed by atoms with E-state index in [4.69, 9.17) is 14.2 Å². The summed E-state index contributed by atoms with van der Waals surface area (Å²) in [7, 11) is 0. The van der Waals surface area contributed by atoms with Gasteiger partial charge >= 0.3 is 23.9 Å². The second-order valence-electron chi connectivity index (χ2n) is 11.6. The second kappa shape index (κ2) is 14.8. The van der Waals surface area contributed by atoms with Gasteiger partial charge in [-0.25, -0.2) is 14.4 Å². The van der Waals surface area contributed by atoms with E-state index in [-0.39, 0.29) is 40.0 Å². The molecule has 9 N–H and O–H groups in total. The molecule has 1 aliphatic heterocycles. The summed E-state index contributed by atoms with van der Waals surface area (Å²) in [5, 5.41) is 89.1. The molecule has 1 heterocycles. The zero-order chi connectivity index (χ0) is 37.9. The van der Waals surface area contributed by atoms with Crippen LogP contribution in [-0.2, 0) is 41.5 Å². The number of hydrogen-bond acceptors (Lipinski definition) is 14. The Labute approximate surface area is 292 Å². The number of fused-ring (bicyclic) bond motifs is 1.